The van der Waals surface area contributed by atoms with Crippen LogP contribution in [0.4, 0.5) is 0 Å². The number of nitrogens with one attached hydrogen (secondary N) is 1. The number of carbonyl (C=O) groups excluding carboxylic acids is 1. The quantitative estimate of drug-likeness (QED) is 0.404. The van der Waals surface area contributed by atoms with E-state index in [4.69, 9.17) is 16.3 Å². The van der Waals surface area contributed by atoms with Crippen molar-refractivity contribution < 1.29 is 9.53 Å². The summed E-state index contributed by atoms with van der Waals surface area (Å²) in [4.78, 5) is 20.4. The van der Waals surface area contributed by atoms with Crippen LogP contribution in [0.2, 0.25) is 5.15 Å². The van der Waals surface area contributed by atoms with E-state index in [2.05, 4.69) is 15.1 Å². The number of hydrogen-bond acceptors (Lipinski definition) is 4. The monoisotopic (exact) mass is 416 g/mol. The van der Waals surface area contributed by atoms with Crippen LogP contribution in [0.5, 0.6) is 0 Å². The number of rotatable bonds is 3. The van der Waals surface area contributed by atoms with Crippen LogP contribution >= 0.6 is 11.6 Å². The van der Waals surface area contributed by atoms with Gasteiger partial charge in [-0.1, -0.05) is 48.0 Å². The molecule has 0 aliphatic rings. The Morgan fingerprint density at radius 3 is 2.57 bits per heavy atom. The number of pyridine rings is 1. The van der Waals surface area contributed by atoms with E-state index in [0.29, 0.717) is 22.1 Å². The molecule has 0 fully saturated rings. The van der Waals surface area contributed by atoms with Gasteiger partial charge in [-0.15, -0.1) is 0 Å². The van der Waals surface area contributed by atoms with Gasteiger partial charge in [0.25, 0.3) is 0 Å². The lowest BCUT2D eigenvalue weighted by molar-refractivity contribution is 0.0594. The SMILES string of the molecule is COC(=O)c1cc2c([nH]c3ccccc32)c(-c2c(C)nn(-c3ccccc3)c2Cl)n1. The summed E-state index contributed by atoms with van der Waals surface area (Å²) in [6, 6.07) is 19.3. The smallest absolute Gasteiger partial charge is 0.356 e. The summed E-state index contributed by atoms with van der Waals surface area (Å²) in [7, 11) is 1.34. The van der Waals surface area contributed by atoms with Gasteiger partial charge in [0, 0.05) is 16.3 Å². The average molecular weight is 417 g/mol. The van der Waals surface area contributed by atoms with E-state index in [-0.39, 0.29) is 5.69 Å². The number of esters is 1. The summed E-state index contributed by atoms with van der Waals surface area (Å²) >= 11 is 6.79. The molecule has 0 radical (unpaired) electrons. The maximum absolute atomic E-state index is 12.3. The zero-order valence-corrected chi connectivity index (χ0v) is 17.1. The number of aryl methyl sites for hydroxylation is 1. The second kappa shape index (κ2) is 7.00. The van der Waals surface area contributed by atoms with Crippen LogP contribution in [-0.2, 0) is 4.74 Å². The molecule has 0 amide bonds. The minimum absolute atomic E-state index is 0.215. The number of nitrogens with zero attached hydrogens (tertiary/aromatic N) is 3. The molecule has 0 spiro atoms. The maximum Gasteiger partial charge on any atom is 0.356 e. The molecule has 7 heteroatoms. The minimum atomic E-state index is -0.507. The Bertz CT molecular complexity index is 1420. The number of hydrogen-bond donors (Lipinski definition) is 1. The number of benzene rings is 2. The molecule has 30 heavy (non-hydrogen) atoms. The van der Waals surface area contributed by atoms with Crippen molar-refractivity contribution >= 4 is 39.4 Å². The van der Waals surface area contributed by atoms with E-state index >= 15 is 0 Å². The molecule has 1 N–H and O–H groups in total. The largest absolute Gasteiger partial charge is 0.464 e. The predicted molar refractivity (Wildman–Crippen MR) is 117 cm³/mol. The Labute approximate surface area is 177 Å². The Hall–Kier alpha value is -3.64. The average Bonchev–Trinajstić information content (AvgIpc) is 3.30. The van der Waals surface area contributed by atoms with E-state index in [1.165, 1.54) is 7.11 Å². The number of para-hydroxylation sites is 2. The molecule has 0 saturated carbocycles. The first-order chi connectivity index (χ1) is 14.6. The Morgan fingerprint density at radius 1 is 1.07 bits per heavy atom. The molecule has 0 aliphatic carbocycles. The topological polar surface area (TPSA) is 72.8 Å². The molecular formula is C23H17ClN4O2. The van der Waals surface area contributed by atoms with Gasteiger partial charge in [-0.25, -0.2) is 14.5 Å². The highest BCUT2D eigenvalue weighted by molar-refractivity contribution is 6.33. The third kappa shape index (κ3) is 2.76. The van der Waals surface area contributed by atoms with Crippen molar-refractivity contribution in [3.8, 4) is 16.9 Å². The molecule has 3 aromatic heterocycles. The molecule has 0 aliphatic heterocycles. The van der Waals surface area contributed by atoms with Crippen molar-refractivity contribution in [3.63, 3.8) is 0 Å². The van der Waals surface area contributed by atoms with Crippen LogP contribution in [0.1, 0.15) is 16.2 Å². The fourth-order valence-electron chi connectivity index (χ4n) is 3.74. The first kappa shape index (κ1) is 18.4. The van der Waals surface area contributed by atoms with E-state index in [1.54, 1.807) is 10.7 Å². The van der Waals surface area contributed by atoms with Gasteiger partial charge >= 0.3 is 5.97 Å². The number of aromatic amines is 1. The van der Waals surface area contributed by atoms with Crippen molar-refractivity contribution in [3.05, 3.63) is 77.2 Å². The van der Waals surface area contributed by atoms with Gasteiger partial charge in [0.05, 0.1) is 29.6 Å². The summed E-state index contributed by atoms with van der Waals surface area (Å²) in [5, 5.41) is 6.92. The second-order valence-corrected chi connectivity index (χ2v) is 7.30. The number of methoxy groups -OCH3 is 1. The van der Waals surface area contributed by atoms with Crippen LogP contribution < -0.4 is 0 Å². The Balaban J connectivity index is 1.85. The molecular weight excluding hydrogens is 400 g/mol. The third-order valence-corrected chi connectivity index (χ3v) is 5.48. The highest BCUT2D eigenvalue weighted by Crippen LogP contribution is 2.38. The van der Waals surface area contributed by atoms with Gasteiger partial charge in [-0.2, -0.15) is 5.10 Å². The number of carbonyl (C=O) groups is 1. The fraction of sp³-hybridized carbons (Fsp3) is 0.0870. The standard InChI is InChI=1S/C23H17ClN4O2/c1-13-19(22(24)28(27-13)14-8-4-3-5-9-14)21-20-16(12-18(26-21)23(29)30-2)15-10-6-7-11-17(15)25-20/h3-12,25H,1-2H3. The van der Waals surface area contributed by atoms with Crippen molar-refractivity contribution in [2.75, 3.05) is 7.11 Å². The first-order valence-corrected chi connectivity index (χ1v) is 9.77. The van der Waals surface area contributed by atoms with Gasteiger partial charge in [0.1, 0.15) is 16.5 Å². The number of aromatic nitrogens is 4. The molecule has 0 saturated heterocycles. The first-order valence-electron chi connectivity index (χ1n) is 9.39. The maximum atomic E-state index is 12.3. The Morgan fingerprint density at radius 2 is 1.80 bits per heavy atom. The van der Waals surface area contributed by atoms with Crippen molar-refractivity contribution in [1.29, 1.82) is 0 Å². The van der Waals surface area contributed by atoms with Crippen LogP contribution in [0.25, 0.3) is 38.8 Å². The predicted octanol–water partition coefficient (Wildman–Crippen LogP) is 5.32. The van der Waals surface area contributed by atoms with Crippen LogP contribution in [0.15, 0.2) is 60.7 Å². The van der Waals surface area contributed by atoms with Gasteiger partial charge < -0.3 is 9.72 Å². The van der Waals surface area contributed by atoms with Gasteiger partial charge in [0.2, 0.25) is 0 Å². The van der Waals surface area contributed by atoms with Gasteiger partial charge in [-0.05, 0) is 31.2 Å². The van der Waals surface area contributed by atoms with E-state index in [9.17, 15) is 4.79 Å². The van der Waals surface area contributed by atoms with Crippen molar-refractivity contribution in [2.24, 2.45) is 0 Å². The molecule has 3 heterocycles. The third-order valence-electron chi connectivity index (χ3n) is 5.13. The normalized spacial score (nSPS) is 11.3. The van der Waals surface area contributed by atoms with Crippen LogP contribution in [0.3, 0.4) is 0 Å². The minimum Gasteiger partial charge on any atom is -0.464 e. The molecule has 5 aromatic rings. The molecule has 6 nitrogen and oxygen atoms in total. The summed E-state index contributed by atoms with van der Waals surface area (Å²) in [5.41, 5.74) is 4.74. The van der Waals surface area contributed by atoms with Crippen molar-refractivity contribution in [2.45, 2.75) is 6.92 Å². The lowest BCUT2D eigenvalue weighted by atomic mass is 10.1. The number of H-pyrrole nitrogens is 1. The highest BCUT2D eigenvalue weighted by atomic mass is 35.5. The van der Waals surface area contributed by atoms with E-state index < -0.39 is 5.97 Å². The molecule has 148 valence electrons. The Kier molecular flexibility index (Phi) is 4.29. The zero-order valence-electron chi connectivity index (χ0n) is 16.3. The van der Waals surface area contributed by atoms with E-state index in [1.807, 2.05) is 61.5 Å². The molecule has 5 rings (SSSR count). The summed E-state index contributed by atoms with van der Waals surface area (Å²) < 4.78 is 6.61. The summed E-state index contributed by atoms with van der Waals surface area (Å²) in [6.07, 6.45) is 0. The molecule has 2 aromatic carbocycles. The molecule has 0 bridgehead atoms. The molecule has 0 unspecified atom stereocenters. The van der Waals surface area contributed by atoms with Gasteiger partial charge in [-0.3, -0.25) is 0 Å². The highest BCUT2D eigenvalue weighted by Gasteiger charge is 2.23. The zero-order chi connectivity index (χ0) is 20.8. The lowest BCUT2D eigenvalue weighted by Crippen LogP contribution is -2.05. The van der Waals surface area contributed by atoms with E-state index in [0.717, 1.165) is 27.5 Å². The lowest BCUT2D eigenvalue weighted by Gasteiger charge is -2.07. The van der Waals surface area contributed by atoms with Crippen molar-refractivity contribution in [1.82, 2.24) is 19.7 Å². The fourth-order valence-corrected chi connectivity index (χ4v) is 4.11. The van der Waals surface area contributed by atoms with Crippen LogP contribution in [0, 0.1) is 6.92 Å². The number of ether oxygens (including phenoxy) is 1. The number of fused-ring (bicyclic) bond motifs is 3. The van der Waals surface area contributed by atoms with Gasteiger partial charge in [0.15, 0.2) is 0 Å². The number of halogens is 1. The second-order valence-electron chi connectivity index (χ2n) is 6.94. The molecule has 0 atom stereocenters. The summed E-state index contributed by atoms with van der Waals surface area (Å²) in [5.74, 6) is -0.507. The summed E-state index contributed by atoms with van der Waals surface area (Å²) in [6.45, 7) is 1.88. The van der Waals surface area contributed by atoms with Crippen LogP contribution in [-0.4, -0.2) is 32.8 Å².